The number of Topliss-reactive ketones (excluding diaryl/α,β-unsaturated/α-hetero) is 1. The Labute approximate surface area is 340 Å². The summed E-state index contributed by atoms with van der Waals surface area (Å²) in [6.45, 7) is 2.42. The minimum Gasteiger partial charge on any atom is -0.480 e. The van der Waals surface area contributed by atoms with Crippen LogP contribution >= 0.6 is 7.82 Å². The number of hydrogen-bond donors (Lipinski definition) is 5. The summed E-state index contributed by atoms with van der Waals surface area (Å²) in [7, 11) is -4.78. The zero-order valence-electron chi connectivity index (χ0n) is 34.6. The molecule has 0 amide bonds. The zero-order valence-corrected chi connectivity index (χ0v) is 35.5. The van der Waals surface area contributed by atoms with Crippen molar-refractivity contribution in [3.8, 4) is 0 Å². The van der Waals surface area contributed by atoms with Crippen molar-refractivity contribution in [1.82, 2.24) is 0 Å². The lowest BCUT2D eigenvalue weighted by Gasteiger charge is -2.20. The topological polar surface area (TPSA) is 229 Å². The first-order chi connectivity index (χ1) is 27.3. The van der Waals surface area contributed by atoms with E-state index in [1.54, 1.807) is 12.2 Å². The van der Waals surface area contributed by atoms with Crippen LogP contribution in [0.2, 0.25) is 0 Å². The van der Waals surface area contributed by atoms with Crippen molar-refractivity contribution in [2.45, 2.75) is 186 Å². The Morgan fingerprint density at radius 3 is 1.98 bits per heavy atom. The van der Waals surface area contributed by atoms with E-state index < -0.39 is 69.9 Å². The lowest BCUT2D eigenvalue weighted by atomic mass is 9.90. The summed E-state index contributed by atoms with van der Waals surface area (Å²) < 4.78 is 32.6. The number of carboxylic acids is 1. The van der Waals surface area contributed by atoms with Crippen molar-refractivity contribution in [1.29, 1.82) is 0 Å². The molecule has 1 fully saturated rings. The van der Waals surface area contributed by atoms with Gasteiger partial charge in [0.25, 0.3) is 0 Å². The molecule has 0 radical (unpaired) electrons. The first kappa shape index (κ1) is 52.6. The van der Waals surface area contributed by atoms with Crippen molar-refractivity contribution in [2.75, 3.05) is 19.8 Å². The number of ketones is 1. The SMILES string of the molecule is CCCCCCCCCCCCCCCC(=O)O[C@H](COC(=O)CCC/C=C\C[C@H]1C(=O)C[C@@H](O)[C@@H]1/C=C/[C@@H](O)CCCCC)COP(=O)(O)OC[C@H](N)C(=O)O. The van der Waals surface area contributed by atoms with Crippen molar-refractivity contribution in [2.24, 2.45) is 17.6 Å². The van der Waals surface area contributed by atoms with Gasteiger partial charge in [-0.05, 0) is 32.1 Å². The normalized spacial score (nSPS) is 19.8. The van der Waals surface area contributed by atoms with Crippen LogP contribution in [0.25, 0.3) is 0 Å². The van der Waals surface area contributed by atoms with Gasteiger partial charge in [-0.1, -0.05) is 134 Å². The molecule has 1 rings (SSSR count). The number of rotatable bonds is 36. The molecule has 0 aromatic carbocycles. The van der Waals surface area contributed by atoms with Crippen LogP contribution in [-0.4, -0.2) is 88.1 Å². The summed E-state index contributed by atoms with van der Waals surface area (Å²) >= 11 is 0. The second-order valence-corrected chi connectivity index (χ2v) is 16.7. The second kappa shape index (κ2) is 32.4. The van der Waals surface area contributed by atoms with Gasteiger partial charge in [0, 0.05) is 31.1 Å². The molecule has 0 aromatic rings. The number of hydrogen-bond acceptors (Lipinski definition) is 12. The number of nitrogens with two attached hydrogens (primary N) is 1. The standard InChI is InChI=1S/C42H74NO13P/c1-3-5-7-8-9-10-11-12-13-14-15-16-22-26-41(48)56-34(31-54-57(51,52)55-32-37(43)42(49)50)30-53-40(47)25-21-18-17-20-24-35-36(39(46)29-38(35)45)28-27-33(44)23-19-6-4-2/h17,20,27-28,33-37,39,44,46H,3-16,18-19,21-26,29-32,43H2,1-2H3,(H,49,50)(H,51,52)/b20-17-,28-27+/t33-,34+,35+,36+,37-,39+/m0/s1. The second-order valence-electron chi connectivity index (χ2n) is 15.3. The maximum Gasteiger partial charge on any atom is 0.472 e. The Morgan fingerprint density at radius 2 is 1.37 bits per heavy atom. The Morgan fingerprint density at radius 1 is 0.807 bits per heavy atom. The molecule has 0 saturated heterocycles. The van der Waals surface area contributed by atoms with E-state index in [0.29, 0.717) is 32.1 Å². The average Bonchev–Trinajstić information content (AvgIpc) is 3.44. The van der Waals surface area contributed by atoms with Crippen LogP contribution in [0.4, 0.5) is 0 Å². The Kier molecular flexibility index (Phi) is 29.9. The minimum absolute atomic E-state index is 0.0256. The van der Waals surface area contributed by atoms with Crippen molar-refractivity contribution in [3.63, 3.8) is 0 Å². The number of carboxylic acid groups (broad SMARTS) is 1. The Bertz CT molecular complexity index is 1230. The maximum absolute atomic E-state index is 12.6. The quantitative estimate of drug-likeness (QED) is 0.0177. The molecule has 57 heavy (non-hydrogen) atoms. The van der Waals surface area contributed by atoms with Gasteiger partial charge in [-0.15, -0.1) is 0 Å². The number of phosphoric acid groups is 1. The number of esters is 2. The number of allylic oxidation sites excluding steroid dienone is 2. The number of carbonyl (C=O) groups excluding carboxylic acids is 3. The highest BCUT2D eigenvalue weighted by atomic mass is 31.2. The summed E-state index contributed by atoms with van der Waals surface area (Å²) in [4.78, 5) is 58.6. The van der Waals surface area contributed by atoms with Crippen LogP contribution in [-0.2, 0) is 42.3 Å². The van der Waals surface area contributed by atoms with E-state index >= 15 is 0 Å². The molecule has 7 atom stereocenters. The predicted octanol–water partition coefficient (Wildman–Crippen LogP) is 7.65. The lowest BCUT2D eigenvalue weighted by Crippen LogP contribution is -2.34. The van der Waals surface area contributed by atoms with E-state index in [1.807, 2.05) is 12.2 Å². The van der Waals surface area contributed by atoms with Crippen LogP contribution in [0.1, 0.15) is 162 Å². The van der Waals surface area contributed by atoms with Crippen LogP contribution in [0.15, 0.2) is 24.3 Å². The van der Waals surface area contributed by atoms with Crippen molar-refractivity contribution in [3.05, 3.63) is 24.3 Å². The van der Waals surface area contributed by atoms with Gasteiger partial charge >= 0.3 is 25.7 Å². The number of carbonyl (C=O) groups is 4. The summed E-state index contributed by atoms with van der Waals surface area (Å²) in [6, 6.07) is -1.56. The zero-order chi connectivity index (χ0) is 42.3. The smallest absolute Gasteiger partial charge is 0.472 e. The molecule has 1 aliphatic carbocycles. The van der Waals surface area contributed by atoms with Gasteiger partial charge in [-0.25, -0.2) is 4.57 Å². The largest absolute Gasteiger partial charge is 0.480 e. The number of unbranched alkanes of at least 4 members (excludes halogenated alkanes) is 15. The molecule has 1 saturated carbocycles. The number of phosphoric ester groups is 1. The van der Waals surface area contributed by atoms with E-state index in [1.165, 1.54) is 51.4 Å². The number of aliphatic carboxylic acids is 1. The number of aliphatic hydroxyl groups excluding tert-OH is 2. The van der Waals surface area contributed by atoms with Gasteiger partial charge in [0.15, 0.2) is 6.10 Å². The molecule has 6 N–H and O–H groups in total. The van der Waals surface area contributed by atoms with Gasteiger partial charge in [-0.3, -0.25) is 28.2 Å². The summed E-state index contributed by atoms with van der Waals surface area (Å²) in [6.07, 6.45) is 24.7. The van der Waals surface area contributed by atoms with Crippen molar-refractivity contribution >= 4 is 31.5 Å². The van der Waals surface area contributed by atoms with Crippen LogP contribution in [0, 0.1) is 11.8 Å². The molecular formula is C42H74NO13P. The molecule has 14 nitrogen and oxygen atoms in total. The van der Waals surface area contributed by atoms with E-state index in [0.717, 1.165) is 44.9 Å². The van der Waals surface area contributed by atoms with Crippen molar-refractivity contribution < 1.29 is 62.5 Å². The Hall–Kier alpha value is -2.45. The number of aliphatic hydroxyl groups is 2. The Balaban J connectivity index is 2.52. The minimum atomic E-state index is -4.78. The predicted molar refractivity (Wildman–Crippen MR) is 218 cm³/mol. The highest BCUT2D eigenvalue weighted by Crippen LogP contribution is 2.43. The third-order valence-electron chi connectivity index (χ3n) is 10.1. The van der Waals surface area contributed by atoms with Gasteiger partial charge in [0.1, 0.15) is 18.4 Å². The third-order valence-corrected chi connectivity index (χ3v) is 11.0. The molecule has 0 bridgehead atoms. The average molecular weight is 832 g/mol. The van der Waals surface area contributed by atoms with Gasteiger partial charge in [0.2, 0.25) is 0 Å². The van der Waals surface area contributed by atoms with E-state index in [2.05, 4.69) is 18.4 Å². The summed E-state index contributed by atoms with van der Waals surface area (Å²) in [5, 5.41) is 29.5. The van der Waals surface area contributed by atoms with Crippen LogP contribution in [0.3, 0.4) is 0 Å². The van der Waals surface area contributed by atoms with Crippen LogP contribution < -0.4 is 5.73 Å². The first-order valence-electron chi connectivity index (χ1n) is 21.5. The summed E-state index contributed by atoms with van der Waals surface area (Å²) in [5.41, 5.74) is 5.32. The summed E-state index contributed by atoms with van der Waals surface area (Å²) in [5.74, 6) is -3.39. The first-order valence-corrected chi connectivity index (χ1v) is 23.0. The molecule has 0 aliphatic heterocycles. The van der Waals surface area contributed by atoms with Crippen LogP contribution in [0.5, 0.6) is 0 Å². The lowest BCUT2D eigenvalue weighted by molar-refractivity contribution is -0.161. The molecule has 1 aliphatic rings. The van der Waals surface area contributed by atoms with Gasteiger partial charge in [0.05, 0.1) is 25.4 Å². The fourth-order valence-electron chi connectivity index (χ4n) is 6.58. The van der Waals surface area contributed by atoms with Gasteiger partial charge < -0.3 is 35.4 Å². The molecule has 0 heterocycles. The van der Waals surface area contributed by atoms with Gasteiger partial charge in [-0.2, -0.15) is 0 Å². The third kappa shape index (κ3) is 27.0. The van der Waals surface area contributed by atoms with E-state index in [4.69, 9.17) is 24.8 Å². The highest BCUT2D eigenvalue weighted by Gasteiger charge is 2.39. The monoisotopic (exact) mass is 831 g/mol. The highest BCUT2D eigenvalue weighted by molar-refractivity contribution is 7.47. The molecule has 15 heteroatoms. The fourth-order valence-corrected chi connectivity index (χ4v) is 7.35. The molecule has 0 spiro atoms. The molecule has 1 unspecified atom stereocenters. The van der Waals surface area contributed by atoms with E-state index in [9.17, 15) is 38.8 Å². The maximum atomic E-state index is 12.6. The molecular weight excluding hydrogens is 757 g/mol. The van der Waals surface area contributed by atoms with E-state index in [-0.39, 0.29) is 36.9 Å². The molecule has 0 aromatic heterocycles. The molecule has 330 valence electrons. The fraction of sp³-hybridized carbons (Fsp3) is 0.810. The number of ether oxygens (including phenoxy) is 2.